The SMILES string of the molecule is CC1(C=C2CCN(Cc3ccccc3)C2=O)CCCCC1. The lowest BCUT2D eigenvalue weighted by molar-refractivity contribution is -0.125. The van der Waals surface area contributed by atoms with Crippen LogP contribution in [0.25, 0.3) is 0 Å². The van der Waals surface area contributed by atoms with Crippen LogP contribution in [0.3, 0.4) is 0 Å². The molecule has 2 heteroatoms. The van der Waals surface area contributed by atoms with Gasteiger partial charge in [0.25, 0.3) is 0 Å². The first kappa shape index (κ1) is 14.4. The summed E-state index contributed by atoms with van der Waals surface area (Å²) in [5.41, 5.74) is 2.53. The van der Waals surface area contributed by atoms with Crippen molar-refractivity contribution in [3.8, 4) is 0 Å². The zero-order chi connectivity index (χ0) is 14.7. The minimum absolute atomic E-state index is 0.255. The van der Waals surface area contributed by atoms with Crippen molar-refractivity contribution in [2.75, 3.05) is 6.54 Å². The van der Waals surface area contributed by atoms with E-state index in [4.69, 9.17) is 0 Å². The van der Waals surface area contributed by atoms with E-state index < -0.39 is 0 Å². The normalized spacial score (nSPS) is 23.8. The number of rotatable bonds is 3. The van der Waals surface area contributed by atoms with E-state index in [0.29, 0.717) is 0 Å². The van der Waals surface area contributed by atoms with Crippen LogP contribution in [-0.4, -0.2) is 17.4 Å². The molecular weight excluding hydrogens is 258 g/mol. The van der Waals surface area contributed by atoms with Gasteiger partial charge in [-0.1, -0.05) is 62.6 Å². The van der Waals surface area contributed by atoms with Gasteiger partial charge in [-0.25, -0.2) is 0 Å². The monoisotopic (exact) mass is 283 g/mol. The highest BCUT2D eigenvalue weighted by molar-refractivity contribution is 5.95. The third kappa shape index (κ3) is 3.37. The van der Waals surface area contributed by atoms with Gasteiger partial charge >= 0.3 is 0 Å². The summed E-state index contributed by atoms with van der Waals surface area (Å²) in [5.74, 6) is 0.255. The van der Waals surface area contributed by atoms with E-state index in [0.717, 1.165) is 25.1 Å². The van der Waals surface area contributed by atoms with Gasteiger partial charge in [-0.05, 0) is 30.2 Å². The number of carbonyl (C=O) groups is 1. The van der Waals surface area contributed by atoms with E-state index in [1.54, 1.807) is 0 Å². The molecule has 0 aromatic heterocycles. The maximum Gasteiger partial charge on any atom is 0.249 e. The number of hydrogen-bond acceptors (Lipinski definition) is 1. The largest absolute Gasteiger partial charge is 0.334 e. The molecular formula is C19H25NO. The fourth-order valence-electron chi connectivity index (χ4n) is 3.68. The Hall–Kier alpha value is -1.57. The third-order valence-electron chi connectivity index (χ3n) is 4.95. The minimum Gasteiger partial charge on any atom is -0.334 e. The van der Waals surface area contributed by atoms with Crippen molar-refractivity contribution < 1.29 is 4.79 Å². The molecule has 2 aliphatic rings. The van der Waals surface area contributed by atoms with Crippen LogP contribution >= 0.6 is 0 Å². The second-order valence-electron chi connectivity index (χ2n) is 6.85. The summed E-state index contributed by atoms with van der Waals surface area (Å²) in [4.78, 5) is 14.6. The van der Waals surface area contributed by atoms with E-state index >= 15 is 0 Å². The second kappa shape index (κ2) is 6.05. The van der Waals surface area contributed by atoms with Gasteiger partial charge in [0, 0.05) is 18.7 Å². The molecule has 1 amide bonds. The number of hydrogen-bond donors (Lipinski definition) is 0. The number of nitrogens with zero attached hydrogens (tertiary/aromatic N) is 1. The maximum atomic E-state index is 12.6. The third-order valence-corrected chi connectivity index (χ3v) is 4.95. The maximum absolute atomic E-state index is 12.6. The fraction of sp³-hybridized carbons (Fsp3) is 0.526. The standard InChI is InChI=1S/C19H25NO/c1-19(11-6-3-7-12-19)14-17-10-13-20(18(17)21)15-16-8-4-2-5-9-16/h2,4-5,8-9,14H,3,6-7,10-13,15H2,1H3. The van der Waals surface area contributed by atoms with Crippen molar-refractivity contribution in [1.82, 2.24) is 4.90 Å². The van der Waals surface area contributed by atoms with Gasteiger partial charge in [0.15, 0.2) is 0 Å². The summed E-state index contributed by atoms with van der Waals surface area (Å²) >= 11 is 0. The number of likely N-dealkylation sites (tertiary alicyclic amines) is 1. The predicted molar refractivity (Wildman–Crippen MR) is 85.8 cm³/mol. The number of benzene rings is 1. The average Bonchev–Trinajstić information content (AvgIpc) is 2.82. The smallest absolute Gasteiger partial charge is 0.249 e. The predicted octanol–water partition coefficient (Wildman–Crippen LogP) is 4.32. The molecule has 1 aliphatic heterocycles. The van der Waals surface area contributed by atoms with Crippen LogP contribution in [0.1, 0.15) is 51.0 Å². The number of allylic oxidation sites excluding steroid dienone is 1. The van der Waals surface area contributed by atoms with Gasteiger partial charge in [0.2, 0.25) is 5.91 Å². The summed E-state index contributed by atoms with van der Waals surface area (Å²) in [5, 5.41) is 0. The summed E-state index contributed by atoms with van der Waals surface area (Å²) in [6, 6.07) is 10.3. The van der Waals surface area contributed by atoms with Gasteiger partial charge in [-0.15, -0.1) is 0 Å². The van der Waals surface area contributed by atoms with Crippen LogP contribution in [0.2, 0.25) is 0 Å². The Bertz CT molecular complexity index is 526. The van der Waals surface area contributed by atoms with E-state index in [-0.39, 0.29) is 11.3 Å². The van der Waals surface area contributed by atoms with Gasteiger partial charge in [-0.2, -0.15) is 0 Å². The van der Waals surface area contributed by atoms with Crippen molar-refractivity contribution in [1.29, 1.82) is 0 Å². The first-order valence-electron chi connectivity index (χ1n) is 8.21. The molecule has 0 N–H and O–H groups in total. The molecule has 0 bridgehead atoms. The van der Waals surface area contributed by atoms with Crippen LogP contribution < -0.4 is 0 Å². The molecule has 1 aromatic carbocycles. The summed E-state index contributed by atoms with van der Waals surface area (Å²) in [6.07, 6.45) is 9.67. The lowest BCUT2D eigenvalue weighted by atomic mass is 9.74. The Morgan fingerprint density at radius 1 is 1.14 bits per heavy atom. The van der Waals surface area contributed by atoms with Gasteiger partial charge < -0.3 is 4.90 Å². The first-order valence-corrected chi connectivity index (χ1v) is 8.21. The fourth-order valence-corrected chi connectivity index (χ4v) is 3.68. The topological polar surface area (TPSA) is 20.3 Å². The van der Waals surface area contributed by atoms with Gasteiger partial charge in [0.05, 0.1) is 0 Å². The Balaban J connectivity index is 1.68. The summed E-state index contributed by atoms with van der Waals surface area (Å²) in [6.45, 7) is 3.94. The highest BCUT2D eigenvalue weighted by Gasteiger charge is 2.31. The molecule has 1 heterocycles. The lowest BCUT2D eigenvalue weighted by Gasteiger charge is -2.31. The van der Waals surface area contributed by atoms with E-state index in [2.05, 4.69) is 25.1 Å². The lowest BCUT2D eigenvalue weighted by Crippen LogP contribution is -2.25. The Morgan fingerprint density at radius 3 is 2.57 bits per heavy atom. The Morgan fingerprint density at radius 2 is 1.86 bits per heavy atom. The van der Waals surface area contributed by atoms with Crippen LogP contribution in [0.4, 0.5) is 0 Å². The number of carbonyl (C=O) groups excluding carboxylic acids is 1. The molecule has 1 aromatic rings. The van der Waals surface area contributed by atoms with Crippen LogP contribution in [0.15, 0.2) is 42.0 Å². The van der Waals surface area contributed by atoms with Crippen molar-refractivity contribution in [3.05, 3.63) is 47.5 Å². The van der Waals surface area contributed by atoms with Crippen LogP contribution in [0, 0.1) is 5.41 Å². The summed E-state index contributed by atoms with van der Waals surface area (Å²) < 4.78 is 0. The molecule has 3 rings (SSSR count). The molecule has 112 valence electrons. The molecule has 1 saturated carbocycles. The van der Waals surface area contributed by atoms with E-state index in [1.807, 2.05) is 23.1 Å². The van der Waals surface area contributed by atoms with Crippen molar-refractivity contribution >= 4 is 5.91 Å². The molecule has 0 radical (unpaired) electrons. The molecule has 1 saturated heterocycles. The minimum atomic E-state index is 0.255. The quantitative estimate of drug-likeness (QED) is 0.757. The molecule has 0 unspecified atom stereocenters. The molecule has 0 spiro atoms. The first-order chi connectivity index (χ1) is 10.2. The number of amides is 1. The average molecular weight is 283 g/mol. The molecule has 2 nitrogen and oxygen atoms in total. The van der Waals surface area contributed by atoms with Crippen molar-refractivity contribution in [2.24, 2.45) is 5.41 Å². The highest BCUT2D eigenvalue weighted by Crippen LogP contribution is 2.39. The molecule has 21 heavy (non-hydrogen) atoms. The van der Waals surface area contributed by atoms with Crippen LogP contribution in [-0.2, 0) is 11.3 Å². The van der Waals surface area contributed by atoms with Crippen molar-refractivity contribution in [2.45, 2.75) is 52.0 Å². The Labute approximate surface area is 127 Å². The Kier molecular flexibility index (Phi) is 4.14. The zero-order valence-electron chi connectivity index (χ0n) is 13.0. The molecule has 2 fully saturated rings. The van der Waals surface area contributed by atoms with Crippen molar-refractivity contribution in [3.63, 3.8) is 0 Å². The van der Waals surface area contributed by atoms with Gasteiger partial charge in [0.1, 0.15) is 0 Å². The molecule has 0 atom stereocenters. The van der Waals surface area contributed by atoms with E-state index in [1.165, 1.54) is 37.7 Å². The van der Waals surface area contributed by atoms with E-state index in [9.17, 15) is 4.79 Å². The van der Waals surface area contributed by atoms with Crippen LogP contribution in [0.5, 0.6) is 0 Å². The molecule has 1 aliphatic carbocycles. The van der Waals surface area contributed by atoms with Gasteiger partial charge in [-0.3, -0.25) is 4.79 Å². The summed E-state index contributed by atoms with van der Waals surface area (Å²) in [7, 11) is 0. The highest BCUT2D eigenvalue weighted by atomic mass is 16.2. The second-order valence-corrected chi connectivity index (χ2v) is 6.85. The zero-order valence-corrected chi connectivity index (χ0v) is 13.0.